The molecule has 9 rings (SSSR count). The van der Waals surface area contributed by atoms with Crippen LogP contribution in [0.15, 0.2) is 133 Å². The van der Waals surface area contributed by atoms with Crippen molar-refractivity contribution in [3.8, 4) is 56.0 Å². The van der Waals surface area contributed by atoms with Crippen molar-refractivity contribution in [2.45, 2.75) is 13.1 Å². The highest BCUT2D eigenvalue weighted by atomic mass is 28.3. The molecule has 1 nitrogen and oxygen atoms in total. The molecule has 0 aliphatic carbocycles. The normalized spacial score (nSPS) is 13.9. The Balaban J connectivity index is 1.19. The van der Waals surface area contributed by atoms with Crippen LogP contribution in [0.3, 0.4) is 0 Å². The second kappa shape index (κ2) is 8.54. The van der Waals surface area contributed by atoms with Crippen molar-refractivity contribution in [3.63, 3.8) is 0 Å². The fraction of sp³-hybridized carbons (Fsp3) is 0.0500. The Morgan fingerprint density at radius 1 is 0.429 bits per heavy atom. The summed E-state index contributed by atoms with van der Waals surface area (Å²) in [5, 5.41) is 8.01. The van der Waals surface area contributed by atoms with Crippen molar-refractivity contribution in [2.24, 2.45) is 0 Å². The molecule has 0 unspecified atom stereocenters. The Hall–Kier alpha value is -4.92. The first-order valence-electron chi connectivity index (χ1n) is 14.7. The highest BCUT2D eigenvalue weighted by molar-refractivity contribution is 7.03. The predicted octanol–water partition coefficient (Wildman–Crippen LogP) is 9.90. The third-order valence-electron chi connectivity index (χ3n) is 9.49. The molecule has 2 heterocycles. The predicted molar refractivity (Wildman–Crippen MR) is 180 cm³/mol. The molecule has 2 aliphatic rings. The summed E-state index contributed by atoms with van der Waals surface area (Å²) in [5.74, 6) is 1.84. The molecule has 0 radical (unpaired) electrons. The molecule has 0 saturated heterocycles. The minimum atomic E-state index is -1.75. The van der Waals surface area contributed by atoms with Gasteiger partial charge in [-0.2, -0.15) is 0 Å². The average Bonchev–Trinajstić information content (AvgIpc) is 3.26. The fourth-order valence-electron chi connectivity index (χ4n) is 7.40. The zero-order chi connectivity index (χ0) is 28.0. The monoisotopic (exact) mass is 552 g/mol. The Morgan fingerprint density at radius 3 is 1.98 bits per heavy atom. The van der Waals surface area contributed by atoms with Crippen LogP contribution in [0, 0.1) is 0 Å². The van der Waals surface area contributed by atoms with Crippen molar-refractivity contribution in [2.75, 3.05) is 0 Å². The van der Waals surface area contributed by atoms with Gasteiger partial charge in [-0.05, 0) is 83.7 Å². The smallest absolute Gasteiger partial charge is 0.135 e. The van der Waals surface area contributed by atoms with Gasteiger partial charge in [-0.1, -0.05) is 128 Å². The summed E-state index contributed by atoms with van der Waals surface area (Å²) < 4.78 is 6.67. The molecule has 0 spiro atoms. The third kappa shape index (κ3) is 3.24. The highest BCUT2D eigenvalue weighted by Gasteiger charge is 2.37. The first-order chi connectivity index (χ1) is 20.6. The lowest BCUT2D eigenvalue weighted by molar-refractivity contribution is 0.487. The van der Waals surface area contributed by atoms with E-state index in [0.29, 0.717) is 0 Å². The second-order valence-corrected chi connectivity index (χ2v) is 16.4. The van der Waals surface area contributed by atoms with Crippen molar-refractivity contribution < 1.29 is 4.74 Å². The minimum absolute atomic E-state index is 0.913. The van der Waals surface area contributed by atoms with Gasteiger partial charge in [-0.25, -0.2) is 0 Å². The standard InChI is InChI=1S/C40H28OSi/c1-42(2)38-16-6-5-12-32(38)33-20-18-27(24-39(33)42)30-21-22-35-31-19-17-26(29-13-7-10-25-9-3-4-11-28(25)29)23-37(31)41-36-15-8-14-34(30)40(35)36/h3-24H,1-2H3. The van der Waals surface area contributed by atoms with E-state index in [1.165, 1.54) is 65.7 Å². The van der Waals surface area contributed by atoms with Gasteiger partial charge in [-0.3, -0.25) is 0 Å². The Bertz CT molecular complexity index is 2250. The third-order valence-corrected chi connectivity index (χ3v) is 13.0. The van der Waals surface area contributed by atoms with Gasteiger partial charge in [0, 0.05) is 10.9 Å². The van der Waals surface area contributed by atoms with Crippen LogP contribution in [0.4, 0.5) is 0 Å². The lowest BCUT2D eigenvalue weighted by Crippen LogP contribution is -2.49. The van der Waals surface area contributed by atoms with E-state index in [4.69, 9.17) is 4.74 Å². The molecule has 42 heavy (non-hydrogen) atoms. The lowest BCUT2D eigenvalue weighted by Gasteiger charge is -2.24. The number of hydrogen-bond acceptors (Lipinski definition) is 1. The van der Waals surface area contributed by atoms with Gasteiger partial charge in [0.1, 0.15) is 19.6 Å². The van der Waals surface area contributed by atoms with Crippen LogP contribution >= 0.6 is 0 Å². The van der Waals surface area contributed by atoms with Crippen LogP contribution in [-0.2, 0) is 0 Å². The topological polar surface area (TPSA) is 9.23 Å². The second-order valence-electron chi connectivity index (χ2n) is 12.1. The summed E-state index contributed by atoms with van der Waals surface area (Å²) in [6.45, 7) is 4.97. The Morgan fingerprint density at radius 2 is 1.05 bits per heavy atom. The molecule has 7 aromatic rings. The van der Waals surface area contributed by atoms with E-state index < -0.39 is 8.07 Å². The van der Waals surface area contributed by atoms with E-state index in [2.05, 4.69) is 147 Å². The van der Waals surface area contributed by atoms with Crippen LogP contribution in [0.1, 0.15) is 0 Å². The maximum atomic E-state index is 6.67. The molecule has 198 valence electrons. The van der Waals surface area contributed by atoms with Gasteiger partial charge >= 0.3 is 0 Å². The van der Waals surface area contributed by atoms with Crippen LogP contribution in [0.25, 0.3) is 66.1 Å². The van der Waals surface area contributed by atoms with Crippen molar-refractivity contribution in [1.82, 2.24) is 0 Å². The molecule has 0 aromatic heterocycles. The summed E-state index contributed by atoms with van der Waals surface area (Å²) in [6, 6.07) is 49.0. The molecular formula is C40H28OSi. The number of rotatable bonds is 2. The number of benzene rings is 7. The summed E-state index contributed by atoms with van der Waals surface area (Å²) in [7, 11) is -1.75. The van der Waals surface area contributed by atoms with Gasteiger partial charge in [0.05, 0.1) is 0 Å². The van der Waals surface area contributed by atoms with E-state index in [-0.39, 0.29) is 0 Å². The average molecular weight is 553 g/mol. The zero-order valence-electron chi connectivity index (χ0n) is 23.6. The largest absolute Gasteiger partial charge is 0.456 e. The van der Waals surface area contributed by atoms with Crippen molar-refractivity contribution >= 4 is 40.0 Å². The molecule has 0 fully saturated rings. The molecule has 2 heteroatoms. The summed E-state index contributed by atoms with van der Waals surface area (Å²) in [6.07, 6.45) is 0. The summed E-state index contributed by atoms with van der Waals surface area (Å²) >= 11 is 0. The molecule has 0 N–H and O–H groups in total. The Kier molecular flexibility index (Phi) is 4.83. The van der Waals surface area contributed by atoms with E-state index >= 15 is 0 Å². The van der Waals surface area contributed by atoms with Crippen molar-refractivity contribution in [1.29, 1.82) is 0 Å². The van der Waals surface area contributed by atoms with Crippen molar-refractivity contribution in [3.05, 3.63) is 133 Å². The van der Waals surface area contributed by atoms with E-state index in [9.17, 15) is 0 Å². The van der Waals surface area contributed by atoms with E-state index in [1.807, 2.05) is 0 Å². The van der Waals surface area contributed by atoms with Crippen LogP contribution in [-0.4, -0.2) is 8.07 Å². The molecule has 2 aliphatic heterocycles. The van der Waals surface area contributed by atoms with Gasteiger partial charge in [0.25, 0.3) is 0 Å². The zero-order valence-corrected chi connectivity index (χ0v) is 24.6. The number of fused-ring (bicyclic) bond motifs is 6. The maximum absolute atomic E-state index is 6.67. The quantitative estimate of drug-likeness (QED) is 0.194. The number of ether oxygens (including phenoxy) is 1. The maximum Gasteiger partial charge on any atom is 0.135 e. The van der Waals surface area contributed by atoms with Crippen LogP contribution in [0.2, 0.25) is 13.1 Å². The fourth-order valence-corrected chi connectivity index (χ4v) is 10.5. The van der Waals surface area contributed by atoms with Gasteiger partial charge in [0.2, 0.25) is 0 Å². The minimum Gasteiger partial charge on any atom is -0.456 e. The van der Waals surface area contributed by atoms with Crippen LogP contribution < -0.4 is 15.1 Å². The van der Waals surface area contributed by atoms with Gasteiger partial charge in [-0.15, -0.1) is 0 Å². The SMILES string of the molecule is C[Si]1(C)c2ccccc2-c2ccc(-c3ccc4c5c(cccc35)Oc3cc(-c5cccc6ccccc56)ccc3-4)cc21. The summed E-state index contributed by atoms with van der Waals surface area (Å²) in [4.78, 5) is 0. The lowest BCUT2D eigenvalue weighted by atomic mass is 9.88. The number of hydrogen-bond donors (Lipinski definition) is 0. The molecule has 0 atom stereocenters. The molecule has 7 aromatic carbocycles. The molecular weight excluding hydrogens is 525 g/mol. The van der Waals surface area contributed by atoms with Crippen LogP contribution in [0.5, 0.6) is 11.5 Å². The molecule has 0 bridgehead atoms. The first kappa shape index (κ1) is 23.7. The molecule has 0 amide bonds. The molecule has 0 saturated carbocycles. The van der Waals surface area contributed by atoms with Gasteiger partial charge < -0.3 is 4.74 Å². The van der Waals surface area contributed by atoms with E-state index in [0.717, 1.165) is 17.1 Å². The highest BCUT2D eigenvalue weighted by Crippen LogP contribution is 2.50. The Labute approximate surface area is 246 Å². The van der Waals surface area contributed by atoms with E-state index in [1.54, 1.807) is 5.19 Å². The first-order valence-corrected chi connectivity index (χ1v) is 17.7. The van der Waals surface area contributed by atoms with Gasteiger partial charge in [0.15, 0.2) is 0 Å². The summed E-state index contributed by atoms with van der Waals surface area (Å²) in [5.41, 5.74) is 10.1.